The first kappa shape index (κ1) is 28.4. The quantitative estimate of drug-likeness (QED) is 0.171. The van der Waals surface area contributed by atoms with Crippen LogP contribution in [0.4, 0.5) is 0 Å². The lowest BCUT2D eigenvalue weighted by atomic mass is 9.98. The van der Waals surface area contributed by atoms with Crippen LogP contribution in [-0.2, 0) is 30.4 Å². The van der Waals surface area contributed by atoms with Gasteiger partial charge in [-0.25, -0.2) is 0 Å². The molecular formula is C22H33N5O7. The number of carbonyl (C=O) groups is 5. The van der Waals surface area contributed by atoms with Crippen LogP contribution in [0.1, 0.15) is 38.7 Å². The number of aromatic hydroxyl groups is 1. The van der Waals surface area contributed by atoms with E-state index in [1.54, 1.807) is 19.1 Å². The van der Waals surface area contributed by atoms with Crippen molar-refractivity contribution >= 4 is 29.6 Å². The normalized spacial score (nSPS) is 14.2. The maximum Gasteiger partial charge on any atom is 0.322 e. The molecule has 0 saturated heterocycles. The third-order valence-electron chi connectivity index (χ3n) is 5.30. The first-order chi connectivity index (χ1) is 15.9. The number of carboxylic acids is 1. The van der Waals surface area contributed by atoms with E-state index in [0.717, 1.165) is 0 Å². The van der Waals surface area contributed by atoms with Crippen molar-refractivity contribution in [1.82, 2.24) is 16.0 Å². The number of benzene rings is 1. The van der Waals surface area contributed by atoms with E-state index in [1.165, 1.54) is 12.1 Å². The molecule has 1 rings (SSSR count). The summed E-state index contributed by atoms with van der Waals surface area (Å²) in [4.78, 5) is 60.1. The molecule has 9 N–H and O–H groups in total. The average Bonchev–Trinajstić information content (AvgIpc) is 2.79. The van der Waals surface area contributed by atoms with Crippen LogP contribution in [0.25, 0.3) is 0 Å². The van der Waals surface area contributed by atoms with Gasteiger partial charge in [0, 0.05) is 12.8 Å². The second kappa shape index (κ2) is 13.8. The molecule has 4 amide bonds. The topological polar surface area (TPSA) is 214 Å². The highest BCUT2D eigenvalue weighted by atomic mass is 16.4. The van der Waals surface area contributed by atoms with E-state index < -0.39 is 54.3 Å². The zero-order chi connectivity index (χ0) is 25.8. The Morgan fingerprint density at radius 1 is 0.971 bits per heavy atom. The number of amides is 4. The smallest absolute Gasteiger partial charge is 0.322 e. The molecule has 0 fully saturated rings. The standard InChI is InChI=1S/C22H33N5O7/c1-3-12(2)19(24)22(34)27-16(10-13-4-6-14(28)7-5-13)21(33)26-15(8-9-17(23)29)20(32)25-11-18(30)31/h4-7,12,15-16,19,28H,3,8-11,24H2,1-2H3,(H2,23,29)(H,25,32)(H,26,33)(H,27,34)(H,30,31). The van der Waals surface area contributed by atoms with Gasteiger partial charge in [0.15, 0.2) is 0 Å². The Morgan fingerprint density at radius 2 is 1.56 bits per heavy atom. The molecule has 0 aromatic heterocycles. The Labute approximate surface area is 197 Å². The largest absolute Gasteiger partial charge is 0.508 e. The van der Waals surface area contributed by atoms with Gasteiger partial charge in [0.25, 0.3) is 0 Å². The second-order valence-electron chi connectivity index (χ2n) is 8.02. The van der Waals surface area contributed by atoms with E-state index in [9.17, 15) is 29.1 Å². The SMILES string of the molecule is CCC(C)C(N)C(=O)NC(Cc1ccc(O)cc1)C(=O)NC(CCC(N)=O)C(=O)NCC(=O)O. The van der Waals surface area contributed by atoms with Gasteiger partial charge in [-0.1, -0.05) is 32.4 Å². The van der Waals surface area contributed by atoms with Crippen LogP contribution in [0.5, 0.6) is 5.75 Å². The van der Waals surface area contributed by atoms with Crippen molar-refractivity contribution in [3.63, 3.8) is 0 Å². The van der Waals surface area contributed by atoms with Crippen LogP contribution < -0.4 is 27.4 Å². The van der Waals surface area contributed by atoms with E-state index in [0.29, 0.717) is 12.0 Å². The Kier molecular flexibility index (Phi) is 11.5. The number of primary amides is 1. The third kappa shape index (κ3) is 9.86. The number of nitrogens with one attached hydrogen (secondary N) is 3. The Bertz CT molecular complexity index is 875. The van der Waals surface area contributed by atoms with Crippen molar-refractivity contribution in [2.45, 2.75) is 57.7 Å². The molecule has 0 spiro atoms. The van der Waals surface area contributed by atoms with Gasteiger partial charge in [-0.3, -0.25) is 24.0 Å². The molecule has 1 aromatic carbocycles. The summed E-state index contributed by atoms with van der Waals surface area (Å²) >= 11 is 0. The minimum absolute atomic E-state index is 0.0182. The number of nitrogens with two attached hydrogens (primary N) is 2. The van der Waals surface area contributed by atoms with Gasteiger partial charge < -0.3 is 37.6 Å². The number of carboxylic acid groups (broad SMARTS) is 1. The van der Waals surface area contributed by atoms with Crippen LogP contribution in [0, 0.1) is 5.92 Å². The predicted octanol–water partition coefficient (Wildman–Crippen LogP) is -1.26. The lowest BCUT2D eigenvalue weighted by Crippen LogP contribution is -2.57. The Hall–Kier alpha value is -3.67. The van der Waals surface area contributed by atoms with E-state index in [-0.39, 0.29) is 30.9 Å². The monoisotopic (exact) mass is 479 g/mol. The average molecular weight is 480 g/mol. The molecule has 0 radical (unpaired) electrons. The number of aliphatic carboxylic acids is 1. The molecule has 0 aliphatic carbocycles. The highest BCUT2D eigenvalue weighted by Gasteiger charge is 2.29. The van der Waals surface area contributed by atoms with E-state index in [4.69, 9.17) is 16.6 Å². The highest BCUT2D eigenvalue weighted by Crippen LogP contribution is 2.13. The van der Waals surface area contributed by atoms with Gasteiger partial charge >= 0.3 is 5.97 Å². The number of hydrogen-bond acceptors (Lipinski definition) is 7. The maximum atomic E-state index is 13.1. The van der Waals surface area contributed by atoms with Crippen LogP contribution in [0.15, 0.2) is 24.3 Å². The van der Waals surface area contributed by atoms with E-state index in [1.807, 2.05) is 6.92 Å². The summed E-state index contributed by atoms with van der Waals surface area (Å²) in [5.41, 5.74) is 11.7. The molecule has 0 saturated carbocycles. The maximum absolute atomic E-state index is 13.1. The minimum atomic E-state index is -1.29. The highest BCUT2D eigenvalue weighted by molar-refractivity contribution is 5.94. The number of rotatable bonds is 14. The van der Waals surface area contributed by atoms with Crippen molar-refractivity contribution in [1.29, 1.82) is 0 Å². The first-order valence-electron chi connectivity index (χ1n) is 10.9. The van der Waals surface area contributed by atoms with Crippen molar-refractivity contribution in [3.05, 3.63) is 29.8 Å². The predicted molar refractivity (Wildman–Crippen MR) is 122 cm³/mol. The zero-order valence-electron chi connectivity index (χ0n) is 19.2. The first-order valence-corrected chi connectivity index (χ1v) is 10.9. The molecule has 0 heterocycles. The van der Waals surface area contributed by atoms with Gasteiger partial charge in [0.05, 0.1) is 6.04 Å². The summed E-state index contributed by atoms with van der Waals surface area (Å²) in [5.74, 6) is -4.24. The number of hydrogen-bond donors (Lipinski definition) is 7. The Balaban J connectivity index is 3.09. The summed E-state index contributed by atoms with van der Waals surface area (Å²) in [7, 11) is 0. The molecule has 1 aromatic rings. The van der Waals surface area contributed by atoms with Crippen molar-refractivity contribution < 1.29 is 34.2 Å². The molecule has 4 unspecified atom stereocenters. The lowest BCUT2D eigenvalue weighted by molar-refractivity contribution is -0.138. The van der Waals surface area contributed by atoms with Gasteiger partial charge in [0.2, 0.25) is 23.6 Å². The molecule has 0 aliphatic heterocycles. The molecule has 188 valence electrons. The number of carbonyl (C=O) groups excluding carboxylic acids is 4. The molecule has 0 bridgehead atoms. The molecule has 12 nitrogen and oxygen atoms in total. The fourth-order valence-electron chi connectivity index (χ4n) is 2.97. The van der Waals surface area contributed by atoms with Gasteiger partial charge in [-0.15, -0.1) is 0 Å². The lowest BCUT2D eigenvalue weighted by Gasteiger charge is -2.25. The molecule has 12 heteroatoms. The van der Waals surface area contributed by atoms with Crippen LogP contribution >= 0.6 is 0 Å². The number of phenols is 1. The van der Waals surface area contributed by atoms with Crippen molar-refractivity contribution in [3.8, 4) is 5.75 Å². The zero-order valence-corrected chi connectivity index (χ0v) is 19.2. The fraction of sp³-hybridized carbons (Fsp3) is 0.500. The third-order valence-corrected chi connectivity index (χ3v) is 5.30. The second-order valence-corrected chi connectivity index (χ2v) is 8.02. The van der Waals surface area contributed by atoms with Gasteiger partial charge in [-0.2, -0.15) is 0 Å². The number of phenolic OH excluding ortho intramolecular Hbond substituents is 1. The molecule has 4 atom stereocenters. The summed E-state index contributed by atoms with van der Waals surface area (Å²) < 4.78 is 0. The summed E-state index contributed by atoms with van der Waals surface area (Å²) in [6, 6.07) is 2.71. The van der Waals surface area contributed by atoms with E-state index >= 15 is 0 Å². The van der Waals surface area contributed by atoms with Gasteiger partial charge in [-0.05, 0) is 30.0 Å². The minimum Gasteiger partial charge on any atom is -0.508 e. The summed E-state index contributed by atoms with van der Waals surface area (Å²) in [6.45, 7) is 2.99. The summed E-state index contributed by atoms with van der Waals surface area (Å²) in [5, 5.41) is 25.5. The molecule has 0 aliphatic rings. The fourth-order valence-corrected chi connectivity index (χ4v) is 2.97. The molecule has 34 heavy (non-hydrogen) atoms. The Morgan fingerprint density at radius 3 is 2.09 bits per heavy atom. The van der Waals surface area contributed by atoms with E-state index in [2.05, 4.69) is 16.0 Å². The van der Waals surface area contributed by atoms with Crippen LogP contribution in [0.3, 0.4) is 0 Å². The van der Waals surface area contributed by atoms with Gasteiger partial charge in [0.1, 0.15) is 24.4 Å². The molecular weight excluding hydrogens is 446 g/mol. The van der Waals surface area contributed by atoms with Crippen molar-refractivity contribution in [2.24, 2.45) is 17.4 Å². The summed E-state index contributed by atoms with van der Waals surface area (Å²) in [6.07, 6.45) is 0.255. The van der Waals surface area contributed by atoms with Crippen LogP contribution in [-0.4, -0.2) is 64.5 Å². The van der Waals surface area contributed by atoms with Crippen molar-refractivity contribution in [2.75, 3.05) is 6.54 Å². The van der Waals surface area contributed by atoms with Crippen LogP contribution in [0.2, 0.25) is 0 Å².